The number of alkyl halides is 2. The number of pyridine rings is 1. The topological polar surface area (TPSA) is 83.1 Å². The molecule has 0 aliphatic carbocycles. The highest BCUT2D eigenvalue weighted by molar-refractivity contribution is 5.98. The standard InChI is InChI=1S/C22H26F2N4O2/c1-25-21(30)19-13-16(12-18(28-19)11-15-5-3-2-4-6-15)20(29)27-10-8-17-7-9-26-14-22(17,23)24/h2-6,12-13,17,26H,7-11,14H2,1H3,(H,25,30)(H,27,29). The van der Waals surface area contributed by atoms with Crippen LogP contribution in [-0.4, -0.2) is 49.4 Å². The molecule has 1 aromatic heterocycles. The van der Waals surface area contributed by atoms with Crippen LogP contribution in [0.5, 0.6) is 0 Å². The highest BCUT2D eigenvalue weighted by atomic mass is 19.3. The summed E-state index contributed by atoms with van der Waals surface area (Å²) in [7, 11) is 1.49. The van der Waals surface area contributed by atoms with Crippen molar-refractivity contribution in [3.05, 3.63) is 65.0 Å². The molecule has 1 aromatic carbocycles. The Labute approximate surface area is 174 Å². The Hall–Kier alpha value is -2.87. The summed E-state index contributed by atoms with van der Waals surface area (Å²) in [5, 5.41) is 7.91. The van der Waals surface area contributed by atoms with E-state index >= 15 is 0 Å². The van der Waals surface area contributed by atoms with Crippen molar-refractivity contribution in [3.63, 3.8) is 0 Å². The smallest absolute Gasteiger partial charge is 0.269 e. The zero-order valence-corrected chi connectivity index (χ0v) is 16.9. The summed E-state index contributed by atoms with van der Waals surface area (Å²) in [5.41, 5.74) is 2.00. The molecule has 8 heteroatoms. The number of halogens is 2. The Balaban J connectivity index is 1.70. The molecule has 1 saturated heterocycles. The molecule has 2 heterocycles. The van der Waals surface area contributed by atoms with Crippen LogP contribution in [0.25, 0.3) is 0 Å². The fraction of sp³-hybridized carbons (Fsp3) is 0.409. The lowest BCUT2D eigenvalue weighted by Crippen LogP contribution is -2.47. The number of carbonyl (C=O) groups is 2. The normalized spacial score (nSPS) is 17.9. The molecule has 0 bridgehead atoms. The Morgan fingerprint density at radius 3 is 2.67 bits per heavy atom. The van der Waals surface area contributed by atoms with E-state index in [4.69, 9.17) is 0 Å². The average molecular weight is 416 g/mol. The first-order valence-corrected chi connectivity index (χ1v) is 10.0. The first-order chi connectivity index (χ1) is 14.4. The number of piperidine rings is 1. The molecule has 3 rings (SSSR count). The second-order valence-corrected chi connectivity index (χ2v) is 7.44. The number of hydrogen-bond donors (Lipinski definition) is 3. The maximum Gasteiger partial charge on any atom is 0.269 e. The van der Waals surface area contributed by atoms with Gasteiger partial charge in [0.2, 0.25) is 0 Å². The van der Waals surface area contributed by atoms with Crippen LogP contribution in [0.3, 0.4) is 0 Å². The van der Waals surface area contributed by atoms with Gasteiger partial charge in [-0.1, -0.05) is 30.3 Å². The third kappa shape index (κ3) is 5.60. The molecule has 160 valence electrons. The van der Waals surface area contributed by atoms with Crippen LogP contribution in [-0.2, 0) is 6.42 Å². The molecule has 1 fully saturated rings. The number of benzene rings is 1. The van der Waals surface area contributed by atoms with Crippen molar-refractivity contribution in [3.8, 4) is 0 Å². The number of aromatic nitrogens is 1. The molecule has 6 nitrogen and oxygen atoms in total. The second kappa shape index (κ2) is 9.75. The van der Waals surface area contributed by atoms with Crippen LogP contribution in [0.15, 0.2) is 42.5 Å². The summed E-state index contributed by atoms with van der Waals surface area (Å²) in [6, 6.07) is 12.6. The molecule has 1 aliphatic rings. The molecule has 30 heavy (non-hydrogen) atoms. The van der Waals surface area contributed by atoms with E-state index in [0.717, 1.165) is 5.56 Å². The number of rotatable bonds is 7. The predicted molar refractivity (Wildman–Crippen MR) is 110 cm³/mol. The van der Waals surface area contributed by atoms with Gasteiger partial charge in [0.1, 0.15) is 5.69 Å². The van der Waals surface area contributed by atoms with Gasteiger partial charge >= 0.3 is 0 Å². The molecule has 0 spiro atoms. The molecule has 2 amide bonds. The van der Waals surface area contributed by atoms with Crippen molar-refractivity contribution in [2.75, 3.05) is 26.7 Å². The van der Waals surface area contributed by atoms with E-state index in [1.54, 1.807) is 6.07 Å². The molecule has 2 aromatic rings. The molecule has 0 saturated carbocycles. The van der Waals surface area contributed by atoms with E-state index in [1.165, 1.54) is 13.1 Å². The predicted octanol–water partition coefficient (Wildman–Crippen LogP) is 2.40. The van der Waals surface area contributed by atoms with Crippen LogP contribution >= 0.6 is 0 Å². The maximum atomic E-state index is 13.9. The minimum atomic E-state index is -2.77. The van der Waals surface area contributed by atoms with Gasteiger partial charge in [0.15, 0.2) is 0 Å². The van der Waals surface area contributed by atoms with Gasteiger partial charge in [0, 0.05) is 37.2 Å². The summed E-state index contributed by atoms with van der Waals surface area (Å²) in [5.74, 6) is -4.33. The van der Waals surface area contributed by atoms with Crippen molar-refractivity contribution in [1.29, 1.82) is 0 Å². The minimum absolute atomic E-state index is 0.140. The Morgan fingerprint density at radius 1 is 1.20 bits per heavy atom. The largest absolute Gasteiger partial charge is 0.354 e. The fourth-order valence-electron chi connectivity index (χ4n) is 3.56. The highest BCUT2D eigenvalue weighted by Crippen LogP contribution is 2.31. The highest BCUT2D eigenvalue weighted by Gasteiger charge is 2.40. The third-order valence-corrected chi connectivity index (χ3v) is 5.23. The number of hydrogen-bond acceptors (Lipinski definition) is 4. The van der Waals surface area contributed by atoms with Crippen LogP contribution < -0.4 is 16.0 Å². The molecule has 3 N–H and O–H groups in total. The molecule has 1 atom stereocenters. The number of amides is 2. The average Bonchev–Trinajstić information content (AvgIpc) is 2.74. The van der Waals surface area contributed by atoms with Gasteiger partial charge in [-0.15, -0.1) is 0 Å². The van der Waals surface area contributed by atoms with Crippen molar-refractivity contribution >= 4 is 11.8 Å². The lowest BCUT2D eigenvalue weighted by Gasteiger charge is -2.31. The van der Waals surface area contributed by atoms with Crippen molar-refractivity contribution < 1.29 is 18.4 Å². The van der Waals surface area contributed by atoms with Gasteiger partial charge in [-0.3, -0.25) is 9.59 Å². The minimum Gasteiger partial charge on any atom is -0.354 e. The zero-order valence-electron chi connectivity index (χ0n) is 16.9. The van der Waals surface area contributed by atoms with E-state index < -0.39 is 23.7 Å². The van der Waals surface area contributed by atoms with E-state index in [2.05, 4.69) is 20.9 Å². The number of nitrogens with zero attached hydrogens (tertiary/aromatic N) is 1. The van der Waals surface area contributed by atoms with E-state index in [1.807, 2.05) is 30.3 Å². The third-order valence-electron chi connectivity index (χ3n) is 5.23. The van der Waals surface area contributed by atoms with Crippen molar-refractivity contribution in [2.45, 2.75) is 25.2 Å². The van der Waals surface area contributed by atoms with Gasteiger partial charge in [-0.2, -0.15) is 0 Å². The molecular weight excluding hydrogens is 390 g/mol. The van der Waals surface area contributed by atoms with E-state index in [-0.39, 0.29) is 30.8 Å². The van der Waals surface area contributed by atoms with Crippen LogP contribution in [0.2, 0.25) is 0 Å². The summed E-state index contributed by atoms with van der Waals surface area (Å²) in [6.45, 7) is 0.371. The lowest BCUT2D eigenvalue weighted by molar-refractivity contribution is -0.0754. The Kier molecular flexibility index (Phi) is 7.10. The summed E-state index contributed by atoms with van der Waals surface area (Å²) < 4.78 is 27.9. The molecular formula is C22H26F2N4O2. The molecule has 1 aliphatic heterocycles. The maximum absolute atomic E-state index is 13.9. The quantitative estimate of drug-likeness (QED) is 0.647. The van der Waals surface area contributed by atoms with Crippen LogP contribution in [0.4, 0.5) is 8.78 Å². The summed E-state index contributed by atoms with van der Waals surface area (Å²) >= 11 is 0. The monoisotopic (exact) mass is 416 g/mol. The molecule has 1 unspecified atom stereocenters. The SMILES string of the molecule is CNC(=O)c1cc(C(=O)NCCC2CCNCC2(F)F)cc(Cc2ccccc2)n1. The second-order valence-electron chi connectivity index (χ2n) is 7.44. The Morgan fingerprint density at radius 2 is 1.97 bits per heavy atom. The first-order valence-electron chi connectivity index (χ1n) is 10.0. The van der Waals surface area contributed by atoms with Gasteiger partial charge < -0.3 is 16.0 Å². The van der Waals surface area contributed by atoms with Crippen LogP contribution in [0, 0.1) is 5.92 Å². The molecule has 0 radical (unpaired) electrons. The fourth-order valence-corrected chi connectivity index (χ4v) is 3.56. The first kappa shape index (κ1) is 21.8. The van der Waals surface area contributed by atoms with E-state index in [0.29, 0.717) is 25.1 Å². The van der Waals surface area contributed by atoms with Gasteiger partial charge in [0.05, 0.1) is 6.54 Å². The van der Waals surface area contributed by atoms with Crippen molar-refractivity contribution in [1.82, 2.24) is 20.9 Å². The van der Waals surface area contributed by atoms with Crippen molar-refractivity contribution in [2.24, 2.45) is 5.92 Å². The summed E-state index contributed by atoms with van der Waals surface area (Å²) in [4.78, 5) is 29.1. The summed E-state index contributed by atoms with van der Waals surface area (Å²) in [6.07, 6.45) is 1.04. The Bertz CT molecular complexity index is 890. The number of nitrogens with one attached hydrogen (secondary N) is 3. The van der Waals surface area contributed by atoms with Crippen LogP contribution in [0.1, 0.15) is 44.9 Å². The number of carbonyl (C=O) groups excluding carboxylic acids is 2. The lowest BCUT2D eigenvalue weighted by atomic mass is 9.91. The van der Waals surface area contributed by atoms with Gasteiger partial charge in [-0.25, -0.2) is 13.8 Å². The van der Waals surface area contributed by atoms with Gasteiger partial charge in [0.25, 0.3) is 17.7 Å². The van der Waals surface area contributed by atoms with Gasteiger partial charge in [-0.05, 0) is 37.1 Å². The van der Waals surface area contributed by atoms with E-state index in [9.17, 15) is 18.4 Å². The zero-order chi connectivity index (χ0) is 21.6.